The van der Waals surface area contributed by atoms with Crippen LogP contribution >= 0.6 is 0 Å². The van der Waals surface area contributed by atoms with Crippen LogP contribution in [0.5, 0.6) is 5.75 Å². The Labute approximate surface area is 146 Å². The van der Waals surface area contributed by atoms with Crippen LogP contribution in [0.25, 0.3) is 0 Å². The van der Waals surface area contributed by atoms with Gasteiger partial charge in [0.1, 0.15) is 5.75 Å². The number of carbonyl (C=O) groups is 3. The zero-order valence-corrected chi connectivity index (χ0v) is 14.1. The second-order valence-corrected chi connectivity index (χ2v) is 5.63. The molecule has 6 heteroatoms. The number of nitrogens with one attached hydrogen (secondary N) is 1. The van der Waals surface area contributed by atoms with Gasteiger partial charge in [0.05, 0.1) is 6.42 Å². The Morgan fingerprint density at radius 3 is 2.52 bits per heavy atom. The standard InChI is InChI=1S/C19H20N2O4/c1-12(22)14-7-5-8-16(10-14)25-13(2)19(24)21-17-9-4-3-6-15(17)11-18(20)23/h3-10,13H,11H2,1-2H3,(H2,20,23)(H,21,24). The van der Waals surface area contributed by atoms with Gasteiger partial charge in [0.2, 0.25) is 5.91 Å². The van der Waals surface area contributed by atoms with Crippen LogP contribution in [0.2, 0.25) is 0 Å². The zero-order chi connectivity index (χ0) is 18.4. The van der Waals surface area contributed by atoms with Gasteiger partial charge in [0.15, 0.2) is 11.9 Å². The summed E-state index contributed by atoms with van der Waals surface area (Å²) in [4.78, 5) is 34.9. The molecule has 0 heterocycles. The molecule has 0 aliphatic rings. The molecular weight excluding hydrogens is 320 g/mol. The van der Waals surface area contributed by atoms with E-state index in [2.05, 4.69) is 5.32 Å². The van der Waals surface area contributed by atoms with Gasteiger partial charge >= 0.3 is 0 Å². The molecule has 0 saturated heterocycles. The summed E-state index contributed by atoms with van der Waals surface area (Å²) in [6.07, 6.45) is -0.754. The Bertz CT molecular complexity index is 802. The molecule has 2 aromatic carbocycles. The van der Waals surface area contributed by atoms with E-state index in [0.29, 0.717) is 22.6 Å². The van der Waals surface area contributed by atoms with E-state index in [1.54, 1.807) is 55.5 Å². The number of carbonyl (C=O) groups excluding carboxylic acids is 3. The van der Waals surface area contributed by atoms with Crippen LogP contribution in [0.4, 0.5) is 5.69 Å². The van der Waals surface area contributed by atoms with E-state index in [1.807, 2.05) is 0 Å². The first-order valence-electron chi connectivity index (χ1n) is 7.81. The molecule has 0 spiro atoms. The van der Waals surface area contributed by atoms with Gasteiger partial charge in [-0.1, -0.05) is 30.3 Å². The molecule has 0 fully saturated rings. The van der Waals surface area contributed by atoms with Crippen molar-refractivity contribution in [2.45, 2.75) is 26.4 Å². The molecule has 0 radical (unpaired) electrons. The Morgan fingerprint density at radius 2 is 1.84 bits per heavy atom. The summed E-state index contributed by atoms with van der Waals surface area (Å²) < 4.78 is 5.60. The van der Waals surface area contributed by atoms with Gasteiger partial charge in [0.25, 0.3) is 5.91 Å². The van der Waals surface area contributed by atoms with Crippen molar-refractivity contribution >= 4 is 23.3 Å². The number of ketones is 1. The number of rotatable bonds is 7. The lowest BCUT2D eigenvalue weighted by atomic mass is 10.1. The second kappa shape index (κ2) is 8.10. The number of Topliss-reactive ketones (excluding diaryl/α,β-unsaturated/α-hetero) is 1. The van der Waals surface area contributed by atoms with Gasteiger partial charge in [-0.3, -0.25) is 14.4 Å². The van der Waals surface area contributed by atoms with E-state index in [0.717, 1.165) is 0 Å². The van der Waals surface area contributed by atoms with Crippen molar-refractivity contribution in [1.82, 2.24) is 0 Å². The van der Waals surface area contributed by atoms with Crippen LogP contribution in [0.15, 0.2) is 48.5 Å². The minimum atomic E-state index is -0.788. The van der Waals surface area contributed by atoms with Crippen LogP contribution in [0, 0.1) is 0 Å². The highest BCUT2D eigenvalue weighted by molar-refractivity contribution is 5.96. The first-order valence-corrected chi connectivity index (χ1v) is 7.81. The minimum Gasteiger partial charge on any atom is -0.481 e. The molecule has 0 aliphatic heterocycles. The Kier molecular flexibility index (Phi) is 5.89. The molecule has 2 aromatic rings. The largest absolute Gasteiger partial charge is 0.481 e. The molecule has 2 amide bonds. The number of anilines is 1. The number of hydrogen-bond donors (Lipinski definition) is 2. The van der Waals surface area contributed by atoms with Crippen LogP contribution in [-0.4, -0.2) is 23.7 Å². The summed E-state index contributed by atoms with van der Waals surface area (Å²) >= 11 is 0. The molecule has 0 bridgehead atoms. The van der Waals surface area contributed by atoms with Gasteiger partial charge in [-0.15, -0.1) is 0 Å². The number of ether oxygens (including phenoxy) is 1. The Morgan fingerprint density at radius 1 is 1.12 bits per heavy atom. The van der Waals surface area contributed by atoms with Gasteiger partial charge < -0.3 is 15.8 Å². The van der Waals surface area contributed by atoms with Crippen LogP contribution in [-0.2, 0) is 16.0 Å². The average molecular weight is 340 g/mol. The molecule has 0 aromatic heterocycles. The lowest BCUT2D eigenvalue weighted by molar-refractivity contribution is -0.122. The molecule has 6 nitrogen and oxygen atoms in total. The summed E-state index contributed by atoms with van der Waals surface area (Å²) in [5.74, 6) is -0.499. The third kappa shape index (κ3) is 5.17. The highest BCUT2D eigenvalue weighted by atomic mass is 16.5. The summed E-state index contributed by atoms with van der Waals surface area (Å²) in [6, 6.07) is 13.6. The molecule has 130 valence electrons. The Balaban J connectivity index is 2.07. The second-order valence-electron chi connectivity index (χ2n) is 5.63. The number of nitrogens with two attached hydrogens (primary N) is 1. The molecule has 0 saturated carbocycles. The van der Waals surface area contributed by atoms with E-state index < -0.39 is 12.0 Å². The molecule has 1 atom stereocenters. The SMILES string of the molecule is CC(=O)c1cccc(OC(C)C(=O)Nc2ccccc2CC(N)=O)c1. The minimum absolute atomic E-state index is 0.0341. The monoisotopic (exact) mass is 340 g/mol. The van der Waals surface area contributed by atoms with Crippen molar-refractivity contribution in [1.29, 1.82) is 0 Å². The third-order valence-electron chi connectivity index (χ3n) is 3.56. The predicted octanol–water partition coefficient (Wildman–Crippen LogP) is 2.32. The van der Waals surface area contributed by atoms with Crippen molar-refractivity contribution < 1.29 is 19.1 Å². The van der Waals surface area contributed by atoms with Gasteiger partial charge in [-0.05, 0) is 37.6 Å². The molecule has 2 rings (SSSR count). The van der Waals surface area contributed by atoms with Crippen LogP contribution in [0.3, 0.4) is 0 Å². The van der Waals surface area contributed by atoms with Gasteiger partial charge in [-0.2, -0.15) is 0 Å². The molecule has 3 N–H and O–H groups in total. The molecular formula is C19H20N2O4. The van der Waals surface area contributed by atoms with Crippen LogP contribution in [0.1, 0.15) is 29.8 Å². The molecule has 1 unspecified atom stereocenters. The van der Waals surface area contributed by atoms with Gasteiger partial charge in [0, 0.05) is 11.3 Å². The highest BCUT2D eigenvalue weighted by Crippen LogP contribution is 2.18. The number of amides is 2. The zero-order valence-electron chi connectivity index (χ0n) is 14.1. The number of para-hydroxylation sites is 1. The quantitative estimate of drug-likeness (QED) is 0.756. The molecule has 0 aliphatic carbocycles. The maximum Gasteiger partial charge on any atom is 0.265 e. The molecule has 25 heavy (non-hydrogen) atoms. The average Bonchev–Trinajstić information content (AvgIpc) is 2.56. The van der Waals surface area contributed by atoms with Crippen molar-refractivity contribution in [3.05, 3.63) is 59.7 Å². The van der Waals surface area contributed by atoms with E-state index in [9.17, 15) is 14.4 Å². The fourth-order valence-electron chi connectivity index (χ4n) is 2.26. The fraction of sp³-hybridized carbons (Fsp3) is 0.211. The van der Waals surface area contributed by atoms with Crippen LogP contribution < -0.4 is 15.8 Å². The smallest absolute Gasteiger partial charge is 0.265 e. The summed E-state index contributed by atoms with van der Waals surface area (Å²) in [5.41, 5.74) is 6.88. The lowest BCUT2D eigenvalue weighted by Gasteiger charge is -2.16. The normalized spacial score (nSPS) is 11.4. The Hall–Kier alpha value is -3.15. The topological polar surface area (TPSA) is 98.5 Å². The van der Waals surface area contributed by atoms with Crippen molar-refractivity contribution in [3.63, 3.8) is 0 Å². The van der Waals surface area contributed by atoms with Crippen molar-refractivity contribution in [2.24, 2.45) is 5.73 Å². The summed E-state index contributed by atoms with van der Waals surface area (Å²) in [6.45, 7) is 3.07. The van der Waals surface area contributed by atoms with Crippen molar-refractivity contribution in [2.75, 3.05) is 5.32 Å². The maximum absolute atomic E-state index is 12.4. The van der Waals surface area contributed by atoms with E-state index in [-0.39, 0.29) is 18.1 Å². The first kappa shape index (κ1) is 18.2. The van der Waals surface area contributed by atoms with E-state index >= 15 is 0 Å². The van der Waals surface area contributed by atoms with Crippen molar-refractivity contribution in [3.8, 4) is 5.75 Å². The third-order valence-corrected chi connectivity index (χ3v) is 3.56. The maximum atomic E-state index is 12.4. The van der Waals surface area contributed by atoms with E-state index in [1.165, 1.54) is 6.92 Å². The summed E-state index contributed by atoms with van der Waals surface area (Å²) in [7, 11) is 0. The van der Waals surface area contributed by atoms with E-state index in [4.69, 9.17) is 10.5 Å². The predicted molar refractivity (Wildman–Crippen MR) is 94.5 cm³/mol. The lowest BCUT2D eigenvalue weighted by Crippen LogP contribution is -2.30. The number of benzene rings is 2. The number of hydrogen-bond acceptors (Lipinski definition) is 4. The number of primary amides is 1. The summed E-state index contributed by atoms with van der Waals surface area (Å²) in [5, 5.41) is 2.73. The first-order chi connectivity index (χ1) is 11.9. The fourth-order valence-corrected chi connectivity index (χ4v) is 2.26. The van der Waals surface area contributed by atoms with Gasteiger partial charge in [-0.25, -0.2) is 0 Å². The highest BCUT2D eigenvalue weighted by Gasteiger charge is 2.17.